The van der Waals surface area contributed by atoms with Gasteiger partial charge in [-0.2, -0.15) is 0 Å². The Kier molecular flexibility index (Phi) is 11.9. The van der Waals surface area contributed by atoms with E-state index in [1.54, 1.807) is 0 Å². The molecule has 0 aliphatic heterocycles. The molecule has 0 fully saturated rings. The van der Waals surface area contributed by atoms with Gasteiger partial charge < -0.3 is 14.8 Å². The van der Waals surface area contributed by atoms with Crippen molar-refractivity contribution in [2.24, 2.45) is 0 Å². The lowest BCUT2D eigenvalue weighted by atomic mass is 10.2. The first kappa shape index (κ1) is 14.9. The molecule has 0 bridgehead atoms. The molecule has 0 aromatic carbocycles. The number of hydrogen-bond donors (Lipinski definition) is 1. The second kappa shape index (κ2) is 12.0. The smallest absolute Gasteiger partial charge is 0.0700 e. The molecule has 1 atom stereocenters. The van der Waals surface area contributed by atoms with Crippen LogP contribution in [0.15, 0.2) is 0 Å². The van der Waals surface area contributed by atoms with Gasteiger partial charge in [0.15, 0.2) is 0 Å². The fraction of sp³-hybridized carbons (Fsp3) is 1.00. The molecule has 0 aromatic rings. The van der Waals surface area contributed by atoms with Gasteiger partial charge in [-0.3, -0.25) is 0 Å². The zero-order chi connectivity index (χ0) is 11.4. The van der Waals surface area contributed by atoms with Crippen molar-refractivity contribution in [1.82, 2.24) is 5.32 Å². The van der Waals surface area contributed by atoms with E-state index in [9.17, 15) is 0 Å². The van der Waals surface area contributed by atoms with Gasteiger partial charge in [0.05, 0.1) is 13.2 Å². The van der Waals surface area contributed by atoms with Gasteiger partial charge in [0.1, 0.15) is 0 Å². The van der Waals surface area contributed by atoms with E-state index in [2.05, 4.69) is 26.1 Å². The lowest BCUT2D eigenvalue weighted by Gasteiger charge is -2.11. The Morgan fingerprint density at radius 3 is 2.27 bits per heavy atom. The van der Waals surface area contributed by atoms with Crippen LogP contribution in [0.4, 0.5) is 0 Å². The van der Waals surface area contributed by atoms with Crippen molar-refractivity contribution in [3.8, 4) is 0 Å². The van der Waals surface area contributed by atoms with Crippen LogP contribution in [-0.4, -0.2) is 39.0 Å². The Bertz CT molecular complexity index is 120. The van der Waals surface area contributed by atoms with E-state index in [1.165, 1.54) is 6.42 Å². The Labute approximate surface area is 94.5 Å². The minimum Gasteiger partial charge on any atom is -0.379 e. The van der Waals surface area contributed by atoms with Crippen LogP contribution in [0.5, 0.6) is 0 Å². The molecule has 0 amide bonds. The van der Waals surface area contributed by atoms with Crippen molar-refractivity contribution in [2.45, 2.75) is 46.1 Å². The molecule has 3 nitrogen and oxygen atoms in total. The van der Waals surface area contributed by atoms with Crippen LogP contribution in [0.1, 0.15) is 40.0 Å². The summed E-state index contributed by atoms with van der Waals surface area (Å²) < 4.78 is 10.8. The summed E-state index contributed by atoms with van der Waals surface area (Å²) in [7, 11) is 0. The highest BCUT2D eigenvalue weighted by Gasteiger charge is 1.98. The lowest BCUT2D eigenvalue weighted by molar-refractivity contribution is 0.0461. The first-order valence-electron chi connectivity index (χ1n) is 6.20. The average Bonchev–Trinajstić information content (AvgIpc) is 2.22. The van der Waals surface area contributed by atoms with Gasteiger partial charge in [-0.05, 0) is 32.7 Å². The quantitative estimate of drug-likeness (QED) is 0.538. The lowest BCUT2D eigenvalue weighted by Crippen LogP contribution is -2.25. The van der Waals surface area contributed by atoms with Crippen LogP contribution >= 0.6 is 0 Å². The average molecular weight is 217 g/mol. The first-order valence-corrected chi connectivity index (χ1v) is 6.20. The maximum Gasteiger partial charge on any atom is 0.0700 e. The highest BCUT2D eigenvalue weighted by Crippen LogP contribution is 1.96. The summed E-state index contributed by atoms with van der Waals surface area (Å²) in [6.07, 6.45) is 3.39. The number of nitrogens with one attached hydrogen (secondary N) is 1. The van der Waals surface area contributed by atoms with E-state index >= 15 is 0 Å². The molecule has 1 unspecified atom stereocenters. The predicted molar refractivity (Wildman–Crippen MR) is 64.3 cm³/mol. The van der Waals surface area contributed by atoms with Crippen molar-refractivity contribution < 1.29 is 9.47 Å². The molecule has 0 rings (SSSR count). The van der Waals surface area contributed by atoms with Crippen LogP contribution in [0.3, 0.4) is 0 Å². The summed E-state index contributed by atoms with van der Waals surface area (Å²) in [6.45, 7) is 10.7. The van der Waals surface area contributed by atoms with Crippen molar-refractivity contribution in [2.75, 3.05) is 33.0 Å². The van der Waals surface area contributed by atoms with E-state index in [-0.39, 0.29) is 0 Å². The van der Waals surface area contributed by atoms with E-state index in [0.717, 1.165) is 45.8 Å². The van der Waals surface area contributed by atoms with Gasteiger partial charge >= 0.3 is 0 Å². The van der Waals surface area contributed by atoms with Gasteiger partial charge in [0.2, 0.25) is 0 Å². The fourth-order valence-corrected chi connectivity index (χ4v) is 1.41. The van der Waals surface area contributed by atoms with Crippen molar-refractivity contribution in [1.29, 1.82) is 0 Å². The second-order valence-corrected chi connectivity index (χ2v) is 3.83. The topological polar surface area (TPSA) is 30.5 Å². The standard InChI is InChI=1S/C12H27NO2/c1-4-8-14-10-11-15-9-6-7-12(3)13-5-2/h12-13H,4-11H2,1-3H3. The normalized spacial score (nSPS) is 13.0. The third-order valence-corrected chi connectivity index (χ3v) is 2.20. The molecule has 3 heteroatoms. The largest absolute Gasteiger partial charge is 0.379 e. The number of rotatable bonds is 11. The zero-order valence-electron chi connectivity index (χ0n) is 10.6. The maximum atomic E-state index is 5.46. The van der Waals surface area contributed by atoms with E-state index in [1.807, 2.05) is 0 Å². The summed E-state index contributed by atoms with van der Waals surface area (Å²) in [5.74, 6) is 0. The Hall–Kier alpha value is -0.120. The minimum absolute atomic E-state index is 0.606. The monoisotopic (exact) mass is 217 g/mol. The summed E-state index contributed by atoms with van der Waals surface area (Å²) in [6, 6.07) is 0.606. The van der Waals surface area contributed by atoms with E-state index < -0.39 is 0 Å². The van der Waals surface area contributed by atoms with Crippen LogP contribution in [0.2, 0.25) is 0 Å². The number of ether oxygens (including phenoxy) is 2. The Balaban J connectivity index is 2.98. The molecule has 0 saturated heterocycles. The Morgan fingerprint density at radius 2 is 1.67 bits per heavy atom. The van der Waals surface area contributed by atoms with Gasteiger partial charge in [0, 0.05) is 19.3 Å². The molecule has 0 heterocycles. The summed E-state index contributed by atoms with van der Waals surface area (Å²) in [5.41, 5.74) is 0. The van der Waals surface area contributed by atoms with Gasteiger partial charge in [0.25, 0.3) is 0 Å². The van der Waals surface area contributed by atoms with Crippen molar-refractivity contribution >= 4 is 0 Å². The van der Waals surface area contributed by atoms with Crippen molar-refractivity contribution in [3.05, 3.63) is 0 Å². The highest BCUT2D eigenvalue weighted by molar-refractivity contribution is 4.58. The fourth-order valence-electron chi connectivity index (χ4n) is 1.41. The molecule has 0 spiro atoms. The summed E-state index contributed by atoms with van der Waals surface area (Å²) in [4.78, 5) is 0. The molecule has 15 heavy (non-hydrogen) atoms. The number of hydrogen-bond acceptors (Lipinski definition) is 3. The van der Waals surface area contributed by atoms with Gasteiger partial charge in [-0.15, -0.1) is 0 Å². The van der Waals surface area contributed by atoms with Crippen LogP contribution < -0.4 is 5.32 Å². The molecule has 0 aromatic heterocycles. The second-order valence-electron chi connectivity index (χ2n) is 3.83. The van der Waals surface area contributed by atoms with E-state index in [4.69, 9.17) is 9.47 Å². The SMILES string of the molecule is CCCOCCOCCCC(C)NCC. The van der Waals surface area contributed by atoms with Crippen LogP contribution in [0, 0.1) is 0 Å². The molecule has 92 valence electrons. The van der Waals surface area contributed by atoms with Crippen molar-refractivity contribution in [3.63, 3.8) is 0 Å². The molecule has 1 N–H and O–H groups in total. The molecule has 0 radical (unpaired) electrons. The molecule has 0 saturated carbocycles. The Morgan fingerprint density at radius 1 is 1.00 bits per heavy atom. The molecule has 0 aliphatic carbocycles. The molecular weight excluding hydrogens is 190 g/mol. The molecular formula is C12H27NO2. The first-order chi connectivity index (χ1) is 7.31. The predicted octanol–water partition coefficient (Wildman–Crippen LogP) is 2.21. The maximum absolute atomic E-state index is 5.46. The summed E-state index contributed by atoms with van der Waals surface area (Å²) >= 11 is 0. The summed E-state index contributed by atoms with van der Waals surface area (Å²) in [5, 5.41) is 3.38. The van der Waals surface area contributed by atoms with Crippen LogP contribution in [-0.2, 0) is 9.47 Å². The third kappa shape index (κ3) is 11.8. The zero-order valence-corrected chi connectivity index (χ0v) is 10.6. The van der Waals surface area contributed by atoms with Gasteiger partial charge in [-0.25, -0.2) is 0 Å². The van der Waals surface area contributed by atoms with Crippen LogP contribution in [0.25, 0.3) is 0 Å². The minimum atomic E-state index is 0.606. The van der Waals surface area contributed by atoms with Gasteiger partial charge in [-0.1, -0.05) is 13.8 Å². The molecule has 0 aliphatic rings. The van der Waals surface area contributed by atoms with E-state index in [0.29, 0.717) is 6.04 Å². The third-order valence-electron chi connectivity index (χ3n) is 2.20. The highest BCUT2D eigenvalue weighted by atomic mass is 16.5.